The molecule has 0 aliphatic carbocycles. The van der Waals surface area contributed by atoms with Gasteiger partial charge in [0, 0.05) is 30.8 Å². The van der Waals surface area contributed by atoms with Crippen LogP contribution in [0.5, 0.6) is 11.5 Å². The van der Waals surface area contributed by atoms with Crippen molar-refractivity contribution in [2.45, 2.75) is 38.0 Å². The van der Waals surface area contributed by atoms with Crippen molar-refractivity contribution in [1.29, 1.82) is 0 Å². The summed E-state index contributed by atoms with van der Waals surface area (Å²) >= 11 is 0. The van der Waals surface area contributed by atoms with Crippen LogP contribution in [0.4, 0.5) is 24.9 Å². The smallest absolute Gasteiger partial charge is 0.389 e. The summed E-state index contributed by atoms with van der Waals surface area (Å²) in [6.07, 6.45) is -3.56. The van der Waals surface area contributed by atoms with Crippen LogP contribution in [0.25, 0.3) is 11.0 Å². The number of methoxy groups -OCH3 is 2. The van der Waals surface area contributed by atoms with Gasteiger partial charge in [-0.25, -0.2) is 4.98 Å². The van der Waals surface area contributed by atoms with E-state index in [-0.39, 0.29) is 19.4 Å². The molecular weight excluding hydrogens is 439 g/mol. The molecule has 33 heavy (non-hydrogen) atoms. The Bertz CT molecular complexity index is 1070. The van der Waals surface area contributed by atoms with Crippen LogP contribution in [0, 0.1) is 0 Å². The van der Waals surface area contributed by atoms with E-state index in [0.29, 0.717) is 40.8 Å². The molecule has 178 valence electrons. The maximum absolute atomic E-state index is 12.5. The number of nitrogens with zero attached hydrogens (tertiary/aromatic N) is 3. The lowest BCUT2D eigenvalue weighted by Crippen LogP contribution is -2.25. The summed E-state index contributed by atoms with van der Waals surface area (Å²) < 4.78 is 48.1. The Morgan fingerprint density at radius 1 is 1.12 bits per heavy atom. The minimum Gasteiger partial charge on any atom is -0.497 e. The molecule has 3 N–H and O–H groups in total. The number of benzene rings is 1. The minimum atomic E-state index is -4.23. The van der Waals surface area contributed by atoms with Gasteiger partial charge in [-0.1, -0.05) is 0 Å². The summed E-state index contributed by atoms with van der Waals surface area (Å²) in [5, 5.41) is 15.8. The van der Waals surface area contributed by atoms with Crippen molar-refractivity contribution in [3.05, 3.63) is 42.1 Å². The highest BCUT2D eigenvalue weighted by molar-refractivity contribution is 5.86. The fourth-order valence-corrected chi connectivity index (χ4v) is 3.27. The number of anilines is 2. The van der Waals surface area contributed by atoms with Gasteiger partial charge in [-0.05, 0) is 37.1 Å². The summed E-state index contributed by atoms with van der Waals surface area (Å²) in [6, 6.07) is 8.30. The van der Waals surface area contributed by atoms with Crippen LogP contribution in [0.3, 0.4) is 0 Å². The fourth-order valence-electron chi connectivity index (χ4n) is 3.27. The Labute approximate surface area is 189 Å². The Kier molecular flexibility index (Phi) is 8.10. The molecule has 1 aromatic carbocycles. The summed E-state index contributed by atoms with van der Waals surface area (Å²) in [5.74, 6) is 1.92. The van der Waals surface area contributed by atoms with E-state index in [1.807, 2.05) is 12.1 Å². The molecule has 0 spiro atoms. The lowest BCUT2D eigenvalue weighted by atomic mass is 10.1. The quantitative estimate of drug-likeness (QED) is 0.388. The number of aliphatic hydroxyl groups is 1. The highest BCUT2D eigenvalue weighted by atomic mass is 19.4. The largest absolute Gasteiger partial charge is 0.497 e. The predicted octanol–water partition coefficient (Wildman–Crippen LogP) is 4.16. The third-order valence-corrected chi connectivity index (χ3v) is 4.96. The van der Waals surface area contributed by atoms with Crippen LogP contribution in [0.1, 0.15) is 24.8 Å². The van der Waals surface area contributed by atoms with Crippen LogP contribution in [-0.4, -0.2) is 53.1 Å². The molecule has 0 bridgehead atoms. The van der Waals surface area contributed by atoms with E-state index < -0.39 is 18.6 Å². The van der Waals surface area contributed by atoms with Gasteiger partial charge in [0.25, 0.3) is 0 Å². The van der Waals surface area contributed by atoms with Gasteiger partial charge in [0.2, 0.25) is 5.95 Å². The van der Waals surface area contributed by atoms with Gasteiger partial charge < -0.3 is 25.2 Å². The highest BCUT2D eigenvalue weighted by Crippen LogP contribution is 2.27. The van der Waals surface area contributed by atoms with Gasteiger partial charge in [0.15, 0.2) is 5.82 Å². The van der Waals surface area contributed by atoms with Gasteiger partial charge >= 0.3 is 6.18 Å². The first kappa shape index (κ1) is 24.3. The summed E-state index contributed by atoms with van der Waals surface area (Å²) in [6.45, 7) is 0.00931. The van der Waals surface area contributed by atoms with Crippen molar-refractivity contribution in [3.8, 4) is 11.5 Å². The Hall–Kier alpha value is -3.34. The SMILES string of the molecule is COc1ccc(CNc2nc(NC(CO)CCCC(F)(F)F)c3ncccc3n2)c(OC)c1. The molecule has 1 unspecified atom stereocenters. The average molecular weight is 465 g/mol. The monoisotopic (exact) mass is 465 g/mol. The number of halogens is 3. The number of ether oxygens (including phenoxy) is 2. The predicted molar refractivity (Wildman–Crippen MR) is 119 cm³/mol. The normalized spacial score (nSPS) is 12.4. The van der Waals surface area contributed by atoms with E-state index in [2.05, 4.69) is 25.6 Å². The van der Waals surface area contributed by atoms with E-state index in [1.165, 1.54) is 0 Å². The number of rotatable bonds is 11. The number of nitrogens with one attached hydrogen (secondary N) is 2. The number of pyridine rings is 1. The molecule has 11 heteroatoms. The average Bonchev–Trinajstić information content (AvgIpc) is 2.81. The number of hydrogen-bond acceptors (Lipinski definition) is 8. The third-order valence-electron chi connectivity index (χ3n) is 4.96. The van der Waals surface area contributed by atoms with Gasteiger partial charge in [0.1, 0.15) is 17.0 Å². The zero-order valence-corrected chi connectivity index (χ0v) is 18.3. The number of fused-ring (bicyclic) bond motifs is 1. The van der Waals surface area contributed by atoms with Gasteiger partial charge in [0.05, 0.1) is 32.4 Å². The van der Waals surface area contributed by atoms with Crippen molar-refractivity contribution in [1.82, 2.24) is 15.0 Å². The molecule has 3 rings (SSSR count). The van der Waals surface area contributed by atoms with Crippen molar-refractivity contribution >= 4 is 22.8 Å². The fraction of sp³-hybridized carbons (Fsp3) is 0.409. The molecule has 8 nitrogen and oxygen atoms in total. The molecule has 0 amide bonds. The Morgan fingerprint density at radius 3 is 2.64 bits per heavy atom. The topological polar surface area (TPSA) is 101 Å². The van der Waals surface area contributed by atoms with Gasteiger partial charge in [-0.3, -0.25) is 4.98 Å². The zero-order valence-electron chi connectivity index (χ0n) is 18.3. The third kappa shape index (κ3) is 6.82. The first-order chi connectivity index (χ1) is 15.8. The van der Waals surface area contributed by atoms with Crippen molar-refractivity contribution in [2.75, 3.05) is 31.5 Å². The van der Waals surface area contributed by atoms with Crippen molar-refractivity contribution < 1.29 is 27.8 Å². The van der Waals surface area contributed by atoms with Crippen molar-refractivity contribution in [2.24, 2.45) is 0 Å². The Morgan fingerprint density at radius 2 is 1.94 bits per heavy atom. The van der Waals surface area contributed by atoms with Crippen LogP contribution < -0.4 is 20.1 Å². The highest BCUT2D eigenvalue weighted by Gasteiger charge is 2.27. The van der Waals surface area contributed by atoms with E-state index in [0.717, 1.165) is 5.56 Å². The summed E-state index contributed by atoms with van der Waals surface area (Å²) in [7, 11) is 3.13. The first-order valence-electron chi connectivity index (χ1n) is 10.3. The lowest BCUT2D eigenvalue weighted by Gasteiger charge is -2.19. The van der Waals surface area contributed by atoms with Crippen LogP contribution >= 0.6 is 0 Å². The first-order valence-corrected chi connectivity index (χ1v) is 10.3. The van der Waals surface area contributed by atoms with Crippen LogP contribution in [-0.2, 0) is 6.54 Å². The minimum absolute atomic E-state index is 0.111. The van der Waals surface area contributed by atoms with E-state index in [1.54, 1.807) is 38.6 Å². The molecule has 0 fully saturated rings. The molecule has 3 aromatic rings. The van der Waals surface area contributed by atoms with E-state index in [4.69, 9.17) is 9.47 Å². The number of aliphatic hydroxyl groups excluding tert-OH is 1. The molecular formula is C22H26F3N5O3. The van der Waals surface area contributed by atoms with Gasteiger partial charge in [-0.2, -0.15) is 18.2 Å². The van der Waals surface area contributed by atoms with Gasteiger partial charge in [-0.15, -0.1) is 0 Å². The molecule has 1 atom stereocenters. The second-order valence-electron chi connectivity index (χ2n) is 7.33. The van der Waals surface area contributed by atoms with E-state index >= 15 is 0 Å². The molecule has 0 aliphatic heterocycles. The second-order valence-corrected chi connectivity index (χ2v) is 7.33. The molecule has 0 saturated heterocycles. The maximum atomic E-state index is 12.5. The van der Waals surface area contributed by atoms with E-state index in [9.17, 15) is 18.3 Å². The maximum Gasteiger partial charge on any atom is 0.389 e. The second kappa shape index (κ2) is 11.0. The molecule has 2 heterocycles. The molecule has 0 radical (unpaired) electrons. The lowest BCUT2D eigenvalue weighted by molar-refractivity contribution is -0.135. The molecule has 0 aliphatic rings. The molecule has 0 saturated carbocycles. The standard InChI is InChI=1S/C22H26F3N5O3/c1-32-16-8-7-14(18(11-16)33-2)12-27-21-29-17-6-4-10-26-19(17)20(30-21)28-15(13-31)5-3-9-22(23,24)25/h4,6-8,10-11,15,31H,3,5,9,12-13H2,1-2H3,(H2,27,28,29,30). The number of aromatic nitrogens is 3. The summed E-state index contributed by atoms with van der Waals surface area (Å²) in [4.78, 5) is 13.2. The molecule has 2 aromatic heterocycles. The number of hydrogen-bond donors (Lipinski definition) is 3. The van der Waals surface area contributed by atoms with Crippen molar-refractivity contribution in [3.63, 3.8) is 0 Å². The Balaban J connectivity index is 1.79. The number of alkyl halides is 3. The summed E-state index contributed by atoms with van der Waals surface area (Å²) in [5.41, 5.74) is 1.86. The zero-order chi connectivity index (χ0) is 23.8. The van der Waals surface area contributed by atoms with Crippen LogP contribution in [0.2, 0.25) is 0 Å². The van der Waals surface area contributed by atoms with Crippen LogP contribution in [0.15, 0.2) is 36.5 Å².